The predicted molar refractivity (Wildman–Crippen MR) is 155 cm³/mol. The van der Waals surface area contributed by atoms with E-state index in [0.29, 0.717) is 24.7 Å². The Hall–Kier alpha value is -3.83. The number of aryl methyl sites for hydroxylation is 1. The van der Waals surface area contributed by atoms with Gasteiger partial charge in [-0.1, -0.05) is 72.3 Å². The average Bonchev–Trinajstić information content (AvgIpc) is 2.94. The van der Waals surface area contributed by atoms with Crippen LogP contribution in [0, 0.1) is 12.7 Å². The summed E-state index contributed by atoms with van der Waals surface area (Å²) in [6, 6.07) is 27.1. The third kappa shape index (κ3) is 8.08. The Labute approximate surface area is 234 Å². The van der Waals surface area contributed by atoms with Crippen LogP contribution in [0.25, 0.3) is 11.1 Å². The minimum atomic E-state index is -0.456. The molecule has 0 aliphatic carbocycles. The van der Waals surface area contributed by atoms with Gasteiger partial charge in [-0.15, -0.1) is 0 Å². The maximum Gasteiger partial charge on any atom is 0.216 e. The highest BCUT2D eigenvalue weighted by Crippen LogP contribution is 2.30. The number of ether oxygens (including phenoxy) is 2. The summed E-state index contributed by atoms with van der Waals surface area (Å²) in [4.78, 5) is 11.1. The zero-order valence-electron chi connectivity index (χ0n) is 22.3. The molecule has 39 heavy (non-hydrogen) atoms. The van der Waals surface area contributed by atoms with E-state index in [0.717, 1.165) is 36.0 Å². The second-order valence-electron chi connectivity index (χ2n) is 9.49. The molecular formula is C33H33ClFNO3. The molecule has 0 heterocycles. The Morgan fingerprint density at radius 2 is 1.69 bits per heavy atom. The second kappa shape index (κ2) is 13.8. The van der Waals surface area contributed by atoms with Gasteiger partial charge in [0.1, 0.15) is 30.5 Å². The summed E-state index contributed by atoms with van der Waals surface area (Å²) >= 11 is 5.95. The molecule has 0 aliphatic rings. The largest absolute Gasteiger partial charge is 0.489 e. The van der Waals surface area contributed by atoms with Crippen LogP contribution in [0.5, 0.6) is 11.5 Å². The van der Waals surface area contributed by atoms with Crippen LogP contribution in [0.3, 0.4) is 0 Å². The van der Waals surface area contributed by atoms with Gasteiger partial charge in [0, 0.05) is 19.5 Å². The number of carbonyl (C=O) groups is 1. The highest BCUT2D eigenvalue weighted by atomic mass is 35.5. The summed E-state index contributed by atoms with van der Waals surface area (Å²) in [7, 11) is 0. The van der Waals surface area contributed by atoms with Crippen LogP contribution >= 0.6 is 11.6 Å². The lowest BCUT2D eigenvalue weighted by atomic mass is 9.97. The van der Waals surface area contributed by atoms with Crippen molar-refractivity contribution in [3.05, 3.63) is 118 Å². The normalized spacial score (nSPS) is 10.8. The van der Waals surface area contributed by atoms with Gasteiger partial charge in [-0.05, 0) is 77.8 Å². The number of rotatable bonds is 12. The van der Waals surface area contributed by atoms with Crippen molar-refractivity contribution in [1.82, 2.24) is 5.32 Å². The fourth-order valence-corrected chi connectivity index (χ4v) is 4.60. The molecular weight excluding hydrogens is 513 g/mol. The Kier molecular flexibility index (Phi) is 9.98. The third-order valence-corrected chi connectivity index (χ3v) is 6.88. The number of carbonyl (C=O) groups excluding carboxylic acids is 1. The minimum Gasteiger partial charge on any atom is -0.489 e. The number of nitrogens with one attached hydrogen (secondary N) is 1. The van der Waals surface area contributed by atoms with Gasteiger partial charge in [-0.25, -0.2) is 4.39 Å². The highest BCUT2D eigenvalue weighted by molar-refractivity contribution is 6.30. The maximum absolute atomic E-state index is 13.6. The lowest BCUT2D eigenvalue weighted by Crippen LogP contribution is -2.20. The molecule has 6 heteroatoms. The molecule has 0 unspecified atom stereocenters. The summed E-state index contributed by atoms with van der Waals surface area (Å²) < 4.78 is 26.0. The summed E-state index contributed by atoms with van der Waals surface area (Å²) in [5.74, 6) is 0.932. The summed E-state index contributed by atoms with van der Waals surface area (Å²) in [5.41, 5.74) is 6.48. The van der Waals surface area contributed by atoms with E-state index >= 15 is 0 Å². The lowest BCUT2D eigenvalue weighted by Gasteiger charge is -2.16. The molecule has 0 aromatic heterocycles. The van der Waals surface area contributed by atoms with Gasteiger partial charge in [0.15, 0.2) is 0 Å². The van der Waals surface area contributed by atoms with Gasteiger partial charge in [-0.3, -0.25) is 4.79 Å². The van der Waals surface area contributed by atoms with Crippen molar-refractivity contribution in [3.63, 3.8) is 0 Å². The first-order valence-corrected chi connectivity index (χ1v) is 13.5. The molecule has 202 valence electrons. The third-order valence-electron chi connectivity index (χ3n) is 6.59. The summed E-state index contributed by atoms with van der Waals surface area (Å²) in [6.45, 7) is 4.96. The van der Waals surface area contributed by atoms with Crippen molar-refractivity contribution >= 4 is 17.5 Å². The fraction of sp³-hybridized carbons (Fsp3) is 0.242. The van der Waals surface area contributed by atoms with E-state index in [4.69, 9.17) is 21.1 Å². The van der Waals surface area contributed by atoms with Gasteiger partial charge < -0.3 is 14.8 Å². The Bertz CT molecular complexity index is 1410. The van der Waals surface area contributed by atoms with Crippen molar-refractivity contribution in [2.24, 2.45) is 0 Å². The van der Waals surface area contributed by atoms with Crippen LogP contribution in [-0.4, -0.2) is 12.5 Å². The average molecular weight is 546 g/mol. The van der Waals surface area contributed by atoms with E-state index in [1.165, 1.54) is 29.7 Å². The van der Waals surface area contributed by atoms with Gasteiger partial charge in [0.25, 0.3) is 0 Å². The van der Waals surface area contributed by atoms with Crippen molar-refractivity contribution in [2.75, 3.05) is 6.54 Å². The quantitative estimate of drug-likeness (QED) is 0.183. The number of amides is 1. The van der Waals surface area contributed by atoms with Crippen LogP contribution in [0.4, 0.5) is 4.39 Å². The van der Waals surface area contributed by atoms with Gasteiger partial charge in [0.05, 0.1) is 5.02 Å². The lowest BCUT2D eigenvalue weighted by molar-refractivity contribution is -0.118. The SMILES string of the molecule is CC(=O)NCCCCc1ccc(OCc2cccc(-c3ccccc3)c2C)cc1OCc1ccc(F)c(Cl)c1. The number of unbranched alkanes of at least 4 members (excludes halogenated alkanes) is 1. The summed E-state index contributed by atoms with van der Waals surface area (Å²) in [6.07, 6.45) is 2.55. The van der Waals surface area contributed by atoms with E-state index in [1.807, 2.05) is 36.4 Å². The number of hydrogen-bond donors (Lipinski definition) is 1. The van der Waals surface area contributed by atoms with Crippen molar-refractivity contribution < 1.29 is 18.7 Å². The van der Waals surface area contributed by atoms with Crippen LogP contribution in [0.1, 0.15) is 42.0 Å². The van der Waals surface area contributed by atoms with E-state index < -0.39 is 5.82 Å². The first-order chi connectivity index (χ1) is 18.9. The minimum absolute atomic E-state index is 0.0250. The first kappa shape index (κ1) is 28.2. The van der Waals surface area contributed by atoms with Crippen LogP contribution in [0.2, 0.25) is 5.02 Å². The molecule has 0 saturated heterocycles. The fourth-order valence-electron chi connectivity index (χ4n) is 4.39. The molecule has 0 aliphatic heterocycles. The maximum atomic E-state index is 13.6. The highest BCUT2D eigenvalue weighted by Gasteiger charge is 2.11. The molecule has 4 aromatic rings. The molecule has 4 aromatic carbocycles. The molecule has 1 N–H and O–H groups in total. The Balaban J connectivity index is 1.48. The van der Waals surface area contributed by atoms with Crippen molar-refractivity contribution in [1.29, 1.82) is 0 Å². The topological polar surface area (TPSA) is 47.6 Å². The molecule has 4 nitrogen and oxygen atoms in total. The van der Waals surface area contributed by atoms with E-state index in [2.05, 4.69) is 42.6 Å². The summed E-state index contributed by atoms with van der Waals surface area (Å²) in [5, 5.41) is 2.90. The molecule has 0 fully saturated rings. The standard InChI is InChI=1S/C33H33ClFNO3/c1-23-28(12-8-13-30(23)26-9-4-3-5-10-26)22-38-29-16-15-27(11-6-7-18-36-24(2)37)33(20-29)39-21-25-14-17-32(35)31(34)19-25/h3-5,8-10,12-17,19-20H,6-7,11,18,21-22H2,1-2H3,(H,36,37). The predicted octanol–water partition coefficient (Wildman–Crippen LogP) is 8.07. The Morgan fingerprint density at radius 1 is 0.872 bits per heavy atom. The molecule has 0 radical (unpaired) electrons. The molecule has 0 bridgehead atoms. The Morgan fingerprint density at radius 3 is 2.46 bits per heavy atom. The molecule has 1 amide bonds. The van der Waals surface area contributed by atoms with Crippen LogP contribution in [0.15, 0.2) is 84.9 Å². The second-order valence-corrected chi connectivity index (χ2v) is 9.90. The zero-order valence-corrected chi connectivity index (χ0v) is 23.1. The van der Waals surface area contributed by atoms with E-state index in [1.54, 1.807) is 12.1 Å². The zero-order chi connectivity index (χ0) is 27.6. The van der Waals surface area contributed by atoms with Gasteiger partial charge in [0.2, 0.25) is 5.91 Å². The van der Waals surface area contributed by atoms with Gasteiger partial charge >= 0.3 is 0 Å². The van der Waals surface area contributed by atoms with E-state index in [9.17, 15) is 9.18 Å². The van der Waals surface area contributed by atoms with Crippen LogP contribution < -0.4 is 14.8 Å². The smallest absolute Gasteiger partial charge is 0.216 e. The number of halogens is 2. The first-order valence-electron chi connectivity index (χ1n) is 13.1. The van der Waals surface area contributed by atoms with Crippen LogP contribution in [-0.2, 0) is 24.4 Å². The van der Waals surface area contributed by atoms with Gasteiger partial charge in [-0.2, -0.15) is 0 Å². The van der Waals surface area contributed by atoms with Crippen molar-refractivity contribution in [3.8, 4) is 22.6 Å². The number of hydrogen-bond acceptors (Lipinski definition) is 3. The monoisotopic (exact) mass is 545 g/mol. The molecule has 0 atom stereocenters. The molecule has 4 rings (SSSR count). The molecule has 0 saturated carbocycles. The number of benzene rings is 4. The van der Waals surface area contributed by atoms with E-state index in [-0.39, 0.29) is 17.5 Å². The molecule has 0 spiro atoms. The van der Waals surface area contributed by atoms with Crippen molar-refractivity contribution in [2.45, 2.75) is 46.3 Å².